The Labute approximate surface area is 112 Å². The van der Waals surface area contributed by atoms with Gasteiger partial charge in [-0.3, -0.25) is 9.59 Å². The average molecular weight is 266 g/mol. The zero-order valence-corrected chi connectivity index (χ0v) is 11.5. The van der Waals surface area contributed by atoms with E-state index >= 15 is 0 Å². The molecule has 0 aliphatic carbocycles. The Morgan fingerprint density at radius 3 is 2.42 bits per heavy atom. The van der Waals surface area contributed by atoms with Crippen molar-refractivity contribution in [2.75, 3.05) is 19.6 Å². The molecule has 1 N–H and O–H groups in total. The zero-order valence-electron chi connectivity index (χ0n) is 11.5. The lowest BCUT2D eigenvalue weighted by atomic mass is 10.1. The predicted octanol–water partition coefficient (Wildman–Crippen LogP) is 1.73. The van der Waals surface area contributed by atoms with Gasteiger partial charge < -0.3 is 10.2 Å². The van der Waals surface area contributed by atoms with Crippen LogP contribution in [0.25, 0.3) is 0 Å². The molecule has 0 spiro atoms. The Morgan fingerprint density at radius 1 is 1.26 bits per heavy atom. The lowest BCUT2D eigenvalue weighted by Crippen LogP contribution is -2.40. The number of hydrogen-bond donors (Lipinski definition) is 1. The molecule has 0 saturated heterocycles. The minimum atomic E-state index is -0.372. The summed E-state index contributed by atoms with van der Waals surface area (Å²) in [5.74, 6) is -0.850. The number of rotatable bonds is 5. The smallest absolute Gasteiger partial charge is 0.251 e. The quantitative estimate of drug-likeness (QED) is 0.882. The summed E-state index contributed by atoms with van der Waals surface area (Å²) < 4.78 is 13.1. The molecule has 2 amide bonds. The lowest BCUT2D eigenvalue weighted by molar-refractivity contribution is -0.129. The van der Waals surface area contributed by atoms with Gasteiger partial charge in [0, 0.05) is 18.7 Å². The molecule has 0 radical (unpaired) electrons. The van der Waals surface area contributed by atoms with Gasteiger partial charge in [0.2, 0.25) is 5.91 Å². The molecule has 1 rings (SSSR count). The SMILES string of the molecule is CCN(CC)C(=O)CNC(=O)c1ccc(F)c(C)c1. The minimum absolute atomic E-state index is 0.0447. The van der Waals surface area contributed by atoms with Crippen LogP contribution >= 0.6 is 0 Å². The molecule has 0 aromatic heterocycles. The van der Waals surface area contributed by atoms with E-state index < -0.39 is 0 Å². The van der Waals surface area contributed by atoms with Crippen LogP contribution in [0.15, 0.2) is 18.2 Å². The maximum atomic E-state index is 13.1. The maximum absolute atomic E-state index is 13.1. The first kappa shape index (κ1) is 15.1. The topological polar surface area (TPSA) is 49.4 Å². The van der Waals surface area contributed by atoms with E-state index in [1.165, 1.54) is 18.2 Å². The molecular weight excluding hydrogens is 247 g/mol. The van der Waals surface area contributed by atoms with Crippen molar-refractivity contribution in [1.82, 2.24) is 10.2 Å². The van der Waals surface area contributed by atoms with Crippen LogP contribution in [0.1, 0.15) is 29.8 Å². The van der Waals surface area contributed by atoms with Gasteiger partial charge in [-0.2, -0.15) is 0 Å². The van der Waals surface area contributed by atoms with Crippen LogP contribution in [-0.4, -0.2) is 36.3 Å². The molecule has 0 unspecified atom stereocenters. The summed E-state index contributed by atoms with van der Waals surface area (Å²) in [7, 11) is 0. The summed E-state index contributed by atoms with van der Waals surface area (Å²) in [6.45, 7) is 6.53. The second-order valence-corrected chi connectivity index (χ2v) is 4.21. The summed E-state index contributed by atoms with van der Waals surface area (Å²) in [4.78, 5) is 25.2. The van der Waals surface area contributed by atoms with Gasteiger partial charge in [-0.05, 0) is 44.5 Å². The standard InChI is InChI=1S/C14H19FN2O2/c1-4-17(5-2)13(18)9-16-14(19)11-6-7-12(15)10(3)8-11/h6-8H,4-5,9H2,1-3H3,(H,16,19). The zero-order chi connectivity index (χ0) is 14.4. The molecule has 0 aliphatic heterocycles. The normalized spacial score (nSPS) is 10.1. The number of carbonyl (C=O) groups is 2. The Bertz CT molecular complexity index is 471. The fraction of sp³-hybridized carbons (Fsp3) is 0.429. The molecule has 1 aromatic carbocycles. The van der Waals surface area contributed by atoms with Crippen LogP contribution in [-0.2, 0) is 4.79 Å². The number of halogens is 1. The number of likely N-dealkylation sites (N-methyl/N-ethyl adjacent to an activating group) is 1. The van der Waals surface area contributed by atoms with Crippen LogP contribution in [0.3, 0.4) is 0 Å². The molecule has 0 aliphatic rings. The number of benzene rings is 1. The third-order valence-corrected chi connectivity index (χ3v) is 2.94. The number of nitrogens with one attached hydrogen (secondary N) is 1. The van der Waals surface area contributed by atoms with Crippen molar-refractivity contribution in [3.63, 3.8) is 0 Å². The minimum Gasteiger partial charge on any atom is -0.343 e. The van der Waals surface area contributed by atoms with Crippen molar-refractivity contribution >= 4 is 11.8 Å². The number of nitrogens with zero attached hydrogens (tertiary/aromatic N) is 1. The Kier molecular flexibility index (Phi) is 5.48. The van der Waals surface area contributed by atoms with Crippen molar-refractivity contribution in [3.8, 4) is 0 Å². The van der Waals surface area contributed by atoms with Gasteiger partial charge in [-0.25, -0.2) is 4.39 Å². The molecule has 1 aromatic rings. The number of amides is 2. The molecular formula is C14H19FN2O2. The van der Waals surface area contributed by atoms with Crippen molar-refractivity contribution in [2.45, 2.75) is 20.8 Å². The van der Waals surface area contributed by atoms with Crippen LogP contribution in [0, 0.1) is 12.7 Å². The molecule has 0 heterocycles. The first-order valence-electron chi connectivity index (χ1n) is 6.31. The lowest BCUT2D eigenvalue weighted by Gasteiger charge is -2.18. The first-order chi connectivity index (χ1) is 8.99. The second kappa shape index (κ2) is 6.87. The van der Waals surface area contributed by atoms with Gasteiger partial charge in [0.1, 0.15) is 5.82 Å². The van der Waals surface area contributed by atoms with E-state index in [9.17, 15) is 14.0 Å². The van der Waals surface area contributed by atoms with Crippen molar-refractivity contribution in [3.05, 3.63) is 35.1 Å². The highest BCUT2D eigenvalue weighted by atomic mass is 19.1. The highest BCUT2D eigenvalue weighted by Crippen LogP contribution is 2.08. The van der Waals surface area contributed by atoms with Gasteiger partial charge >= 0.3 is 0 Å². The highest BCUT2D eigenvalue weighted by molar-refractivity contribution is 5.96. The Morgan fingerprint density at radius 2 is 1.89 bits per heavy atom. The monoisotopic (exact) mass is 266 g/mol. The largest absolute Gasteiger partial charge is 0.343 e. The summed E-state index contributed by atoms with van der Waals surface area (Å²) >= 11 is 0. The van der Waals surface area contributed by atoms with Crippen molar-refractivity contribution in [2.24, 2.45) is 0 Å². The molecule has 4 nitrogen and oxygen atoms in total. The molecule has 0 atom stereocenters. The van der Waals surface area contributed by atoms with Crippen molar-refractivity contribution < 1.29 is 14.0 Å². The van der Waals surface area contributed by atoms with E-state index in [1.807, 2.05) is 13.8 Å². The maximum Gasteiger partial charge on any atom is 0.251 e. The number of hydrogen-bond acceptors (Lipinski definition) is 2. The second-order valence-electron chi connectivity index (χ2n) is 4.21. The molecule has 5 heteroatoms. The Balaban J connectivity index is 2.60. The van der Waals surface area contributed by atoms with Gasteiger partial charge in [0.05, 0.1) is 6.54 Å². The average Bonchev–Trinajstić information content (AvgIpc) is 2.40. The number of aryl methyl sites for hydroxylation is 1. The van der Waals surface area contributed by atoms with E-state index in [-0.39, 0.29) is 24.2 Å². The van der Waals surface area contributed by atoms with E-state index in [2.05, 4.69) is 5.32 Å². The van der Waals surface area contributed by atoms with Crippen LogP contribution in [0.5, 0.6) is 0 Å². The molecule has 0 saturated carbocycles. The fourth-order valence-electron chi connectivity index (χ4n) is 1.73. The van der Waals surface area contributed by atoms with Gasteiger partial charge in [-0.15, -0.1) is 0 Å². The molecule has 0 bridgehead atoms. The third-order valence-electron chi connectivity index (χ3n) is 2.94. The molecule has 19 heavy (non-hydrogen) atoms. The Hall–Kier alpha value is -1.91. The fourth-order valence-corrected chi connectivity index (χ4v) is 1.73. The van der Waals surface area contributed by atoms with E-state index in [0.717, 1.165) is 0 Å². The highest BCUT2D eigenvalue weighted by Gasteiger charge is 2.12. The summed E-state index contributed by atoms with van der Waals surface area (Å²) in [6.07, 6.45) is 0. The van der Waals surface area contributed by atoms with E-state index in [0.29, 0.717) is 24.2 Å². The summed E-state index contributed by atoms with van der Waals surface area (Å²) in [6, 6.07) is 4.11. The van der Waals surface area contributed by atoms with Gasteiger partial charge in [-0.1, -0.05) is 0 Å². The summed E-state index contributed by atoms with van der Waals surface area (Å²) in [5, 5.41) is 2.54. The number of carbonyl (C=O) groups excluding carboxylic acids is 2. The first-order valence-corrected chi connectivity index (χ1v) is 6.31. The van der Waals surface area contributed by atoms with Crippen LogP contribution < -0.4 is 5.32 Å². The van der Waals surface area contributed by atoms with Gasteiger partial charge in [0.15, 0.2) is 0 Å². The van der Waals surface area contributed by atoms with Gasteiger partial charge in [0.25, 0.3) is 5.91 Å². The van der Waals surface area contributed by atoms with E-state index in [4.69, 9.17) is 0 Å². The predicted molar refractivity (Wildman–Crippen MR) is 71.4 cm³/mol. The van der Waals surface area contributed by atoms with Crippen molar-refractivity contribution in [1.29, 1.82) is 0 Å². The third kappa shape index (κ3) is 4.05. The van der Waals surface area contributed by atoms with Crippen LogP contribution in [0.2, 0.25) is 0 Å². The molecule has 0 fully saturated rings. The van der Waals surface area contributed by atoms with Crippen LogP contribution in [0.4, 0.5) is 4.39 Å². The summed E-state index contributed by atoms with van der Waals surface area (Å²) in [5.41, 5.74) is 0.758. The van der Waals surface area contributed by atoms with E-state index in [1.54, 1.807) is 11.8 Å². The molecule has 104 valence electrons.